The van der Waals surface area contributed by atoms with Crippen LogP contribution in [0.25, 0.3) is 5.82 Å². The maximum absolute atomic E-state index is 10.5. The van der Waals surface area contributed by atoms with Crippen LogP contribution in [0.5, 0.6) is 0 Å². The molecule has 0 aliphatic rings. The fraction of sp³-hybridized carbons (Fsp3) is 0.143. The summed E-state index contributed by atoms with van der Waals surface area (Å²) in [5, 5.41) is 22.3. The molecule has 2 rings (SSSR count). The summed E-state index contributed by atoms with van der Waals surface area (Å²) in [4.78, 5) is 10.5. The number of aromatic nitrogens is 5. The molecule has 0 bridgehead atoms. The number of hydrogen-bond acceptors (Lipinski definition) is 4. The van der Waals surface area contributed by atoms with Crippen LogP contribution in [0.4, 0.5) is 0 Å². The van der Waals surface area contributed by atoms with Crippen molar-refractivity contribution in [3.63, 3.8) is 0 Å². The molecular formula is C7H7N5O2. The summed E-state index contributed by atoms with van der Waals surface area (Å²) in [6, 6.07) is 1.74. The second kappa shape index (κ2) is 2.95. The Kier molecular flexibility index (Phi) is 1.77. The molecule has 7 nitrogen and oxygen atoms in total. The standard InChI is InChI=1S/C7H7N5O2/c1-4-2-6(10-8-4)12-3-5(7(13)14)9-11-12/h2-3H,1H3,(H,8,10)(H,13,14). The van der Waals surface area contributed by atoms with Crippen molar-refractivity contribution in [2.24, 2.45) is 0 Å². The van der Waals surface area contributed by atoms with E-state index in [0.29, 0.717) is 5.82 Å². The molecule has 2 heterocycles. The average Bonchev–Trinajstić information content (AvgIpc) is 2.70. The molecule has 7 heteroatoms. The second-order valence-electron chi connectivity index (χ2n) is 2.76. The highest BCUT2D eigenvalue weighted by atomic mass is 16.4. The molecule has 0 unspecified atom stereocenters. The first-order valence-corrected chi connectivity index (χ1v) is 3.85. The molecule has 2 aromatic rings. The van der Waals surface area contributed by atoms with E-state index in [9.17, 15) is 4.79 Å². The number of carboxylic acid groups (broad SMARTS) is 1. The Balaban J connectivity index is 2.38. The molecular weight excluding hydrogens is 186 g/mol. The Morgan fingerprint density at radius 1 is 1.64 bits per heavy atom. The quantitative estimate of drug-likeness (QED) is 0.699. The number of hydrogen-bond donors (Lipinski definition) is 2. The minimum atomic E-state index is -1.11. The topological polar surface area (TPSA) is 96.7 Å². The maximum atomic E-state index is 10.5. The summed E-state index contributed by atoms with van der Waals surface area (Å²) in [5.41, 5.74) is 0.762. The number of aromatic amines is 1. The largest absolute Gasteiger partial charge is 0.476 e. The molecule has 0 amide bonds. The third kappa shape index (κ3) is 1.35. The third-order valence-electron chi connectivity index (χ3n) is 1.64. The van der Waals surface area contributed by atoms with Crippen molar-refractivity contribution in [3.05, 3.63) is 23.7 Å². The van der Waals surface area contributed by atoms with Crippen molar-refractivity contribution in [1.29, 1.82) is 0 Å². The monoisotopic (exact) mass is 193 g/mol. The first-order valence-electron chi connectivity index (χ1n) is 3.85. The minimum absolute atomic E-state index is 0.106. The highest BCUT2D eigenvalue weighted by Gasteiger charge is 2.10. The van der Waals surface area contributed by atoms with Crippen LogP contribution in [-0.4, -0.2) is 36.3 Å². The number of carboxylic acids is 1. The SMILES string of the molecule is Cc1cc(-n2cc(C(=O)O)nn2)n[nH]1. The van der Waals surface area contributed by atoms with Gasteiger partial charge in [-0.05, 0) is 6.92 Å². The highest BCUT2D eigenvalue weighted by Crippen LogP contribution is 2.04. The molecule has 0 atom stereocenters. The molecule has 0 radical (unpaired) electrons. The summed E-state index contributed by atoms with van der Waals surface area (Å²) in [5.74, 6) is -0.592. The third-order valence-corrected chi connectivity index (χ3v) is 1.64. The van der Waals surface area contributed by atoms with Crippen LogP contribution < -0.4 is 0 Å². The van der Waals surface area contributed by atoms with Crippen molar-refractivity contribution >= 4 is 5.97 Å². The maximum Gasteiger partial charge on any atom is 0.358 e. The van der Waals surface area contributed by atoms with Crippen molar-refractivity contribution < 1.29 is 9.90 Å². The van der Waals surface area contributed by atoms with Gasteiger partial charge >= 0.3 is 5.97 Å². The van der Waals surface area contributed by atoms with Gasteiger partial charge in [-0.1, -0.05) is 5.21 Å². The zero-order valence-corrected chi connectivity index (χ0v) is 7.30. The number of aromatic carboxylic acids is 1. The van der Waals surface area contributed by atoms with Gasteiger partial charge in [-0.25, -0.2) is 4.79 Å². The molecule has 0 saturated carbocycles. The van der Waals surface area contributed by atoms with Crippen LogP contribution in [0.2, 0.25) is 0 Å². The lowest BCUT2D eigenvalue weighted by Gasteiger charge is -1.88. The van der Waals surface area contributed by atoms with E-state index in [-0.39, 0.29) is 5.69 Å². The van der Waals surface area contributed by atoms with Crippen molar-refractivity contribution in [2.75, 3.05) is 0 Å². The molecule has 0 spiro atoms. The van der Waals surface area contributed by atoms with Gasteiger partial charge in [-0.3, -0.25) is 5.10 Å². The van der Waals surface area contributed by atoms with Crippen molar-refractivity contribution in [3.8, 4) is 5.82 Å². The fourth-order valence-corrected chi connectivity index (χ4v) is 0.995. The van der Waals surface area contributed by atoms with Crippen LogP contribution in [0, 0.1) is 6.92 Å². The van der Waals surface area contributed by atoms with Crippen molar-refractivity contribution in [1.82, 2.24) is 25.2 Å². The number of aryl methyl sites for hydroxylation is 1. The zero-order chi connectivity index (χ0) is 10.1. The van der Waals surface area contributed by atoms with E-state index >= 15 is 0 Å². The van der Waals surface area contributed by atoms with Gasteiger partial charge in [-0.2, -0.15) is 9.78 Å². The van der Waals surface area contributed by atoms with Gasteiger partial charge in [0, 0.05) is 11.8 Å². The van der Waals surface area contributed by atoms with Crippen molar-refractivity contribution in [2.45, 2.75) is 6.92 Å². The van der Waals surface area contributed by atoms with Crippen LogP contribution in [0.3, 0.4) is 0 Å². The highest BCUT2D eigenvalue weighted by molar-refractivity contribution is 5.84. The molecule has 72 valence electrons. The van der Waals surface area contributed by atoms with Gasteiger partial charge in [0.05, 0.1) is 6.20 Å². The molecule has 14 heavy (non-hydrogen) atoms. The number of H-pyrrole nitrogens is 1. The lowest BCUT2D eigenvalue weighted by Crippen LogP contribution is -1.96. The molecule has 0 fully saturated rings. The Labute approximate surface area is 78.4 Å². The fourth-order valence-electron chi connectivity index (χ4n) is 0.995. The van der Waals surface area contributed by atoms with E-state index in [1.807, 2.05) is 6.92 Å². The van der Waals surface area contributed by atoms with Crippen LogP contribution in [0.15, 0.2) is 12.3 Å². The van der Waals surface area contributed by atoms with Crippen LogP contribution in [0.1, 0.15) is 16.2 Å². The molecule has 0 aromatic carbocycles. The lowest BCUT2D eigenvalue weighted by molar-refractivity contribution is 0.0690. The molecule has 2 aromatic heterocycles. The summed E-state index contributed by atoms with van der Waals surface area (Å²) in [6.07, 6.45) is 1.30. The minimum Gasteiger partial charge on any atom is -0.476 e. The number of carbonyl (C=O) groups is 1. The number of nitrogens with zero attached hydrogens (tertiary/aromatic N) is 4. The van der Waals surface area contributed by atoms with E-state index in [2.05, 4.69) is 20.5 Å². The number of rotatable bonds is 2. The van der Waals surface area contributed by atoms with Crippen LogP contribution >= 0.6 is 0 Å². The molecule has 0 aliphatic heterocycles. The van der Waals surface area contributed by atoms with Gasteiger partial charge in [0.15, 0.2) is 11.5 Å². The van der Waals surface area contributed by atoms with E-state index in [0.717, 1.165) is 5.69 Å². The Morgan fingerprint density at radius 3 is 2.93 bits per heavy atom. The first-order chi connectivity index (χ1) is 6.66. The van der Waals surface area contributed by atoms with Gasteiger partial charge in [0.2, 0.25) is 0 Å². The predicted octanol–water partition coefficient (Wildman–Crippen LogP) is -0.00298. The average molecular weight is 193 g/mol. The molecule has 0 aliphatic carbocycles. The van der Waals surface area contributed by atoms with E-state index < -0.39 is 5.97 Å². The molecule has 2 N–H and O–H groups in total. The smallest absolute Gasteiger partial charge is 0.358 e. The van der Waals surface area contributed by atoms with Gasteiger partial charge in [0.25, 0.3) is 0 Å². The Bertz CT molecular complexity index is 472. The summed E-state index contributed by atoms with van der Waals surface area (Å²) >= 11 is 0. The lowest BCUT2D eigenvalue weighted by atomic mass is 10.4. The Morgan fingerprint density at radius 2 is 2.43 bits per heavy atom. The second-order valence-corrected chi connectivity index (χ2v) is 2.76. The molecule has 0 saturated heterocycles. The normalized spacial score (nSPS) is 10.4. The number of nitrogens with one attached hydrogen (secondary N) is 1. The summed E-state index contributed by atoms with van der Waals surface area (Å²) in [7, 11) is 0. The van der Waals surface area contributed by atoms with E-state index in [1.54, 1.807) is 6.07 Å². The van der Waals surface area contributed by atoms with Crippen LogP contribution in [-0.2, 0) is 0 Å². The van der Waals surface area contributed by atoms with Gasteiger partial charge < -0.3 is 5.11 Å². The predicted molar refractivity (Wildman–Crippen MR) is 45.2 cm³/mol. The zero-order valence-electron chi connectivity index (χ0n) is 7.30. The van der Waals surface area contributed by atoms with E-state index in [1.165, 1.54) is 10.9 Å². The summed E-state index contributed by atoms with van der Waals surface area (Å²) < 4.78 is 1.30. The van der Waals surface area contributed by atoms with Gasteiger partial charge in [-0.15, -0.1) is 5.10 Å². The van der Waals surface area contributed by atoms with E-state index in [4.69, 9.17) is 5.11 Å². The first kappa shape index (κ1) is 8.42. The van der Waals surface area contributed by atoms with Gasteiger partial charge in [0.1, 0.15) is 0 Å². The Hall–Kier alpha value is -2.18. The summed E-state index contributed by atoms with van der Waals surface area (Å²) in [6.45, 7) is 1.84.